The van der Waals surface area contributed by atoms with Crippen LogP contribution in [0.3, 0.4) is 0 Å². The Labute approximate surface area is 91.6 Å². The summed E-state index contributed by atoms with van der Waals surface area (Å²) in [6, 6.07) is 2.40. The van der Waals surface area contributed by atoms with Crippen LogP contribution in [-0.4, -0.2) is 16.7 Å². The van der Waals surface area contributed by atoms with Crippen molar-refractivity contribution in [3.8, 4) is 0 Å². The highest BCUT2D eigenvalue weighted by Gasteiger charge is 2.12. The van der Waals surface area contributed by atoms with Gasteiger partial charge in [0.1, 0.15) is 0 Å². The maximum Gasteiger partial charge on any atom is 0.0648 e. The summed E-state index contributed by atoms with van der Waals surface area (Å²) in [5, 5.41) is 11.6. The molecule has 1 aromatic heterocycles. The second-order valence-electron chi connectivity index (χ2n) is 3.66. The molecule has 1 N–H and O–H groups in total. The lowest BCUT2D eigenvalue weighted by molar-refractivity contribution is 0.551. The topological polar surface area (TPSA) is 37.8 Å². The summed E-state index contributed by atoms with van der Waals surface area (Å²) >= 11 is 0. The van der Waals surface area contributed by atoms with E-state index in [4.69, 9.17) is 0 Å². The van der Waals surface area contributed by atoms with Gasteiger partial charge in [-0.3, -0.25) is 0 Å². The molecule has 0 aliphatic carbocycles. The molecule has 0 aliphatic heterocycles. The predicted octanol–water partition coefficient (Wildman–Crippen LogP) is 2.32. The van der Waals surface area contributed by atoms with Gasteiger partial charge in [0, 0.05) is 6.04 Å². The normalized spacial score (nSPS) is 12.5. The molecule has 0 aliphatic rings. The molecule has 0 saturated heterocycles. The molecule has 1 atom stereocenters. The molecule has 0 spiro atoms. The summed E-state index contributed by atoms with van der Waals surface area (Å²) in [4.78, 5) is 0. The molecule has 0 amide bonds. The molecule has 0 fully saturated rings. The molecule has 0 bridgehead atoms. The minimum Gasteiger partial charge on any atom is -0.310 e. The van der Waals surface area contributed by atoms with Crippen LogP contribution in [0.25, 0.3) is 0 Å². The molecule has 0 aromatic carbocycles. The van der Waals surface area contributed by atoms with E-state index in [1.807, 2.05) is 19.9 Å². The van der Waals surface area contributed by atoms with E-state index in [9.17, 15) is 0 Å². The zero-order chi connectivity index (χ0) is 11.3. The molecule has 3 nitrogen and oxygen atoms in total. The monoisotopic (exact) mass is 205 g/mol. The van der Waals surface area contributed by atoms with Crippen molar-refractivity contribution in [3.05, 3.63) is 35.7 Å². The van der Waals surface area contributed by atoms with Gasteiger partial charge in [-0.2, -0.15) is 10.2 Å². The molecule has 3 heteroatoms. The van der Waals surface area contributed by atoms with E-state index in [1.54, 1.807) is 0 Å². The Morgan fingerprint density at radius 2 is 2.20 bits per heavy atom. The van der Waals surface area contributed by atoms with E-state index in [2.05, 4.69) is 35.1 Å². The van der Waals surface area contributed by atoms with E-state index < -0.39 is 0 Å². The number of aromatic nitrogens is 2. The largest absolute Gasteiger partial charge is 0.310 e. The lowest BCUT2D eigenvalue weighted by atomic mass is 10.0. The van der Waals surface area contributed by atoms with Crippen molar-refractivity contribution in [2.45, 2.75) is 33.2 Å². The zero-order valence-corrected chi connectivity index (χ0v) is 9.75. The summed E-state index contributed by atoms with van der Waals surface area (Å²) in [6.07, 6.45) is 2.85. The molecule has 1 unspecified atom stereocenters. The standard InChI is InChI=1S/C12H19N3/c1-5-7-12(13-6-2)11-8-9(3)14-15-10(11)4/h5,8,12-13H,1,6-7H2,2-4H3. The number of hydrogen-bond donors (Lipinski definition) is 1. The lowest BCUT2D eigenvalue weighted by Gasteiger charge is -2.18. The van der Waals surface area contributed by atoms with Crippen LogP contribution in [0.2, 0.25) is 0 Å². The number of nitrogens with zero attached hydrogens (tertiary/aromatic N) is 2. The van der Waals surface area contributed by atoms with Gasteiger partial charge in [0.2, 0.25) is 0 Å². The summed E-state index contributed by atoms with van der Waals surface area (Å²) < 4.78 is 0. The molecule has 1 aromatic rings. The molecular formula is C12H19N3. The smallest absolute Gasteiger partial charge is 0.0648 e. The Morgan fingerprint density at radius 3 is 2.80 bits per heavy atom. The van der Waals surface area contributed by atoms with Crippen molar-refractivity contribution in [1.29, 1.82) is 0 Å². The predicted molar refractivity (Wildman–Crippen MR) is 62.7 cm³/mol. The summed E-state index contributed by atoms with van der Waals surface area (Å²) in [6.45, 7) is 10.8. The summed E-state index contributed by atoms with van der Waals surface area (Å²) in [7, 11) is 0. The Hall–Kier alpha value is -1.22. The number of nitrogens with one attached hydrogen (secondary N) is 1. The third-order valence-corrected chi connectivity index (χ3v) is 2.37. The number of rotatable bonds is 5. The average molecular weight is 205 g/mol. The maximum atomic E-state index is 4.14. The minimum atomic E-state index is 0.307. The second-order valence-corrected chi connectivity index (χ2v) is 3.66. The van der Waals surface area contributed by atoms with Gasteiger partial charge in [0.25, 0.3) is 0 Å². The van der Waals surface area contributed by atoms with Gasteiger partial charge < -0.3 is 5.32 Å². The highest BCUT2D eigenvalue weighted by atomic mass is 15.1. The molecule has 0 saturated carbocycles. The minimum absolute atomic E-state index is 0.307. The van der Waals surface area contributed by atoms with Gasteiger partial charge in [-0.25, -0.2) is 0 Å². The van der Waals surface area contributed by atoms with Gasteiger partial charge in [-0.15, -0.1) is 6.58 Å². The second kappa shape index (κ2) is 5.61. The zero-order valence-electron chi connectivity index (χ0n) is 9.75. The fraction of sp³-hybridized carbons (Fsp3) is 0.500. The van der Waals surface area contributed by atoms with Crippen LogP contribution in [-0.2, 0) is 0 Å². The Morgan fingerprint density at radius 1 is 1.47 bits per heavy atom. The van der Waals surface area contributed by atoms with Gasteiger partial charge in [0.15, 0.2) is 0 Å². The van der Waals surface area contributed by atoms with Crippen LogP contribution in [0, 0.1) is 13.8 Å². The molecular weight excluding hydrogens is 186 g/mol. The summed E-state index contributed by atoms with van der Waals surface area (Å²) in [5.41, 5.74) is 3.18. The quantitative estimate of drug-likeness (QED) is 0.750. The van der Waals surface area contributed by atoms with Crippen molar-refractivity contribution >= 4 is 0 Å². The van der Waals surface area contributed by atoms with Gasteiger partial charge in [0.05, 0.1) is 11.4 Å². The molecule has 1 rings (SSSR count). The van der Waals surface area contributed by atoms with E-state index in [0.29, 0.717) is 6.04 Å². The van der Waals surface area contributed by atoms with Crippen molar-refractivity contribution < 1.29 is 0 Å². The highest BCUT2D eigenvalue weighted by Crippen LogP contribution is 2.19. The van der Waals surface area contributed by atoms with Gasteiger partial charge in [-0.05, 0) is 38.4 Å². The van der Waals surface area contributed by atoms with Crippen molar-refractivity contribution in [3.63, 3.8) is 0 Å². The van der Waals surface area contributed by atoms with Crippen molar-refractivity contribution in [2.75, 3.05) is 6.54 Å². The highest BCUT2D eigenvalue weighted by molar-refractivity contribution is 5.24. The average Bonchev–Trinajstić information content (AvgIpc) is 2.21. The fourth-order valence-corrected chi connectivity index (χ4v) is 1.66. The molecule has 15 heavy (non-hydrogen) atoms. The number of aryl methyl sites for hydroxylation is 2. The van der Waals surface area contributed by atoms with Crippen molar-refractivity contribution in [2.24, 2.45) is 0 Å². The first kappa shape index (κ1) is 11.9. The van der Waals surface area contributed by atoms with Crippen LogP contribution >= 0.6 is 0 Å². The fourth-order valence-electron chi connectivity index (χ4n) is 1.66. The van der Waals surface area contributed by atoms with Crippen LogP contribution in [0.15, 0.2) is 18.7 Å². The van der Waals surface area contributed by atoms with Crippen molar-refractivity contribution in [1.82, 2.24) is 15.5 Å². The Bertz CT molecular complexity index is 334. The molecule has 0 radical (unpaired) electrons. The molecule has 1 heterocycles. The van der Waals surface area contributed by atoms with Crippen LogP contribution in [0.1, 0.15) is 36.3 Å². The van der Waals surface area contributed by atoms with Gasteiger partial charge >= 0.3 is 0 Å². The SMILES string of the molecule is C=CCC(NCC)c1cc(C)nnc1C. The first-order chi connectivity index (χ1) is 7.19. The Kier molecular flexibility index (Phi) is 4.43. The first-order valence-electron chi connectivity index (χ1n) is 5.34. The summed E-state index contributed by atoms with van der Waals surface area (Å²) in [5.74, 6) is 0. The third-order valence-electron chi connectivity index (χ3n) is 2.37. The first-order valence-corrected chi connectivity index (χ1v) is 5.34. The van der Waals surface area contributed by atoms with E-state index in [1.165, 1.54) is 5.56 Å². The van der Waals surface area contributed by atoms with E-state index in [-0.39, 0.29) is 0 Å². The maximum absolute atomic E-state index is 4.14. The van der Waals surface area contributed by atoms with Crippen LogP contribution < -0.4 is 5.32 Å². The third kappa shape index (κ3) is 3.13. The van der Waals surface area contributed by atoms with Crippen LogP contribution in [0.5, 0.6) is 0 Å². The van der Waals surface area contributed by atoms with Gasteiger partial charge in [-0.1, -0.05) is 13.0 Å². The number of hydrogen-bond acceptors (Lipinski definition) is 3. The van der Waals surface area contributed by atoms with Crippen LogP contribution in [0.4, 0.5) is 0 Å². The van der Waals surface area contributed by atoms with E-state index in [0.717, 1.165) is 24.4 Å². The Balaban J connectivity index is 2.97. The lowest BCUT2D eigenvalue weighted by Crippen LogP contribution is -2.21. The van der Waals surface area contributed by atoms with E-state index >= 15 is 0 Å². The molecule has 82 valence electrons.